The van der Waals surface area contributed by atoms with Crippen LogP contribution in [0.15, 0.2) is 15.9 Å². The van der Waals surface area contributed by atoms with E-state index in [2.05, 4.69) is 4.98 Å². The number of rotatable bonds is 6. The van der Waals surface area contributed by atoms with Crippen LogP contribution in [0.4, 0.5) is 0 Å². The van der Waals surface area contributed by atoms with E-state index in [0.717, 1.165) is 55.9 Å². The molecule has 10 nitrogen and oxygen atoms in total. The van der Waals surface area contributed by atoms with Gasteiger partial charge >= 0.3 is 11.7 Å². The SMILES string of the molecule is Cn1c(=O)c2c(ncn2CC(=O)OCC(=O)N(C2CCCCC2)C2CCCCC2)n(C)c1=O. The van der Waals surface area contributed by atoms with E-state index in [1.54, 1.807) is 0 Å². The number of hydrogen-bond acceptors (Lipinski definition) is 6. The number of esters is 1. The van der Waals surface area contributed by atoms with E-state index in [1.807, 2.05) is 4.90 Å². The lowest BCUT2D eigenvalue weighted by Crippen LogP contribution is -2.50. The van der Waals surface area contributed by atoms with Gasteiger partial charge < -0.3 is 14.2 Å². The number of carbonyl (C=O) groups excluding carboxylic acids is 2. The van der Waals surface area contributed by atoms with Gasteiger partial charge in [-0.3, -0.25) is 23.5 Å². The molecule has 0 aliphatic heterocycles. The molecule has 33 heavy (non-hydrogen) atoms. The second-order valence-electron chi connectivity index (χ2n) is 9.30. The Labute approximate surface area is 192 Å². The molecular weight excluding hydrogens is 426 g/mol. The summed E-state index contributed by atoms with van der Waals surface area (Å²) < 4.78 is 8.95. The van der Waals surface area contributed by atoms with Crippen LogP contribution in [0, 0.1) is 0 Å². The number of nitrogens with zero attached hydrogens (tertiary/aromatic N) is 5. The second-order valence-corrected chi connectivity index (χ2v) is 9.30. The molecule has 2 fully saturated rings. The van der Waals surface area contributed by atoms with Gasteiger partial charge in [-0.25, -0.2) is 9.78 Å². The standard InChI is InChI=1S/C23H33N5O5/c1-25-21-20(22(31)26(2)23(25)32)27(15-24-21)13-19(30)33-14-18(29)28(16-9-5-3-6-10-16)17-11-7-4-8-12-17/h15-17H,3-14H2,1-2H3. The minimum Gasteiger partial charge on any atom is -0.454 e. The van der Waals surface area contributed by atoms with Crippen LogP contribution in [-0.4, -0.2) is 54.2 Å². The molecule has 2 aliphatic rings. The highest BCUT2D eigenvalue weighted by molar-refractivity contribution is 5.82. The maximum absolute atomic E-state index is 13.2. The molecule has 2 aromatic heterocycles. The largest absolute Gasteiger partial charge is 0.454 e. The molecule has 0 atom stereocenters. The first-order valence-corrected chi connectivity index (χ1v) is 12.0. The van der Waals surface area contributed by atoms with Gasteiger partial charge in [0.05, 0.1) is 6.33 Å². The number of amides is 1. The van der Waals surface area contributed by atoms with Gasteiger partial charge in [0.2, 0.25) is 0 Å². The van der Waals surface area contributed by atoms with E-state index in [9.17, 15) is 19.2 Å². The molecule has 2 aromatic rings. The summed E-state index contributed by atoms with van der Waals surface area (Å²) >= 11 is 0. The lowest BCUT2D eigenvalue weighted by atomic mass is 9.88. The first-order chi connectivity index (χ1) is 15.9. The third kappa shape index (κ3) is 4.74. The third-order valence-corrected chi connectivity index (χ3v) is 7.10. The first kappa shape index (κ1) is 23.3. The molecular formula is C23H33N5O5. The van der Waals surface area contributed by atoms with Crippen molar-refractivity contribution in [1.82, 2.24) is 23.6 Å². The molecule has 2 aliphatic carbocycles. The predicted molar refractivity (Wildman–Crippen MR) is 122 cm³/mol. The number of carbonyl (C=O) groups is 2. The monoisotopic (exact) mass is 459 g/mol. The van der Waals surface area contributed by atoms with Gasteiger partial charge in [0.15, 0.2) is 17.8 Å². The van der Waals surface area contributed by atoms with Crippen molar-refractivity contribution in [1.29, 1.82) is 0 Å². The van der Waals surface area contributed by atoms with Crippen molar-refractivity contribution in [2.75, 3.05) is 6.61 Å². The molecule has 0 N–H and O–H groups in total. The van der Waals surface area contributed by atoms with Gasteiger partial charge in [0, 0.05) is 26.2 Å². The average Bonchev–Trinajstić information content (AvgIpc) is 3.25. The Morgan fingerprint density at radius 1 is 0.970 bits per heavy atom. The molecule has 0 spiro atoms. The van der Waals surface area contributed by atoms with Crippen molar-refractivity contribution in [2.24, 2.45) is 14.1 Å². The topological polar surface area (TPSA) is 108 Å². The van der Waals surface area contributed by atoms with Crippen LogP contribution in [0.2, 0.25) is 0 Å². The zero-order valence-electron chi connectivity index (χ0n) is 19.5. The van der Waals surface area contributed by atoms with Crippen molar-refractivity contribution in [2.45, 2.75) is 82.8 Å². The van der Waals surface area contributed by atoms with Crippen LogP contribution in [-0.2, 0) is 35.0 Å². The molecule has 1 amide bonds. The Kier molecular flexibility index (Phi) is 6.99. The summed E-state index contributed by atoms with van der Waals surface area (Å²) in [5.41, 5.74) is -0.673. The molecule has 0 aromatic carbocycles. The number of fused-ring (bicyclic) bond motifs is 1. The summed E-state index contributed by atoms with van der Waals surface area (Å²) in [6, 6.07) is 0.463. The van der Waals surface area contributed by atoms with Crippen LogP contribution in [0.1, 0.15) is 64.2 Å². The van der Waals surface area contributed by atoms with Gasteiger partial charge in [0.25, 0.3) is 11.5 Å². The molecule has 0 saturated heterocycles. The summed E-state index contributed by atoms with van der Waals surface area (Å²) in [6.07, 6.45) is 12.3. The zero-order chi connectivity index (χ0) is 23.5. The Bertz CT molecular complexity index is 1120. The van der Waals surface area contributed by atoms with Gasteiger partial charge in [-0.2, -0.15) is 0 Å². The van der Waals surface area contributed by atoms with Crippen molar-refractivity contribution < 1.29 is 14.3 Å². The number of aromatic nitrogens is 4. The molecule has 180 valence electrons. The lowest BCUT2D eigenvalue weighted by Gasteiger charge is -2.41. The summed E-state index contributed by atoms with van der Waals surface area (Å²) in [4.78, 5) is 56.5. The van der Waals surface area contributed by atoms with Crippen molar-refractivity contribution >= 4 is 23.0 Å². The van der Waals surface area contributed by atoms with Crippen LogP contribution in [0.3, 0.4) is 0 Å². The predicted octanol–water partition coefficient (Wildman–Crippen LogP) is 1.47. The maximum atomic E-state index is 13.2. The normalized spacial score (nSPS) is 17.9. The fourth-order valence-electron chi connectivity index (χ4n) is 5.34. The molecule has 0 unspecified atom stereocenters. The van der Waals surface area contributed by atoms with Gasteiger partial charge in [-0.05, 0) is 25.7 Å². The zero-order valence-corrected chi connectivity index (χ0v) is 19.5. The Hall–Kier alpha value is -2.91. The first-order valence-electron chi connectivity index (χ1n) is 12.0. The highest BCUT2D eigenvalue weighted by Crippen LogP contribution is 2.30. The van der Waals surface area contributed by atoms with E-state index in [-0.39, 0.29) is 42.3 Å². The van der Waals surface area contributed by atoms with E-state index < -0.39 is 17.2 Å². The number of hydrogen-bond donors (Lipinski definition) is 0. The quantitative estimate of drug-likeness (QED) is 0.606. The van der Waals surface area contributed by atoms with Crippen LogP contribution >= 0.6 is 0 Å². The van der Waals surface area contributed by atoms with E-state index in [1.165, 1.54) is 42.4 Å². The molecule has 2 heterocycles. The molecule has 0 radical (unpaired) electrons. The Balaban J connectivity index is 1.45. The molecule has 0 bridgehead atoms. The molecule has 2 saturated carbocycles. The van der Waals surface area contributed by atoms with Crippen molar-refractivity contribution in [3.05, 3.63) is 27.2 Å². The van der Waals surface area contributed by atoms with Gasteiger partial charge in [-0.15, -0.1) is 0 Å². The van der Waals surface area contributed by atoms with Crippen LogP contribution < -0.4 is 11.2 Å². The Morgan fingerprint density at radius 3 is 2.12 bits per heavy atom. The van der Waals surface area contributed by atoms with Crippen molar-refractivity contribution in [3.63, 3.8) is 0 Å². The second kappa shape index (κ2) is 9.93. The van der Waals surface area contributed by atoms with Gasteiger partial charge in [-0.1, -0.05) is 38.5 Å². The summed E-state index contributed by atoms with van der Waals surface area (Å²) in [6.45, 7) is -0.557. The van der Waals surface area contributed by atoms with Gasteiger partial charge in [0.1, 0.15) is 6.54 Å². The molecule has 10 heteroatoms. The number of aryl methyl sites for hydroxylation is 1. The molecule has 4 rings (SSSR count). The highest BCUT2D eigenvalue weighted by Gasteiger charge is 2.32. The average molecular weight is 460 g/mol. The van der Waals surface area contributed by atoms with E-state index in [4.69, 9.17) is 4.74 Å². The third-order valence-electron chi connectivity index (χ3n) is 7.10. The minimum atomic E-state index is -0.620. The summed E-state index contributed by atoms with van der Waals surface area (Å²) in [5.74, 6) is -0.748. The fraction of sp³-hybridized carbons (Fsp3) is 0.696. The minimum absolute atomic E-state index is 0.129. The Morgan fingerprint density at radius 2 is 1.55 bits per heavy atom. The highest BCUT2D eigenvalue weighted by atomic mass is 16.5. The maximum Gasteiger partial charge on any atom is 0.332 e. The van der Waals surface area contributed by atoms with Crippen LogP contribution in [0.25, 0.3) is 11.2 Å². The fourth-order valence-corrected chi connectivity index (χ4v) is 5.34. The number of ether oxygens (including phenoxy) is 1. The number of imidazole rings is 1. The van der Waals surface area contributed by atoms with E-state index in [0.29, 0.717) is 0 Å². The van der Waals surface area contributed by atoms with Crippen LogP contribution in [0.5, 0.6) is 0 Å². The smallest absolute Gasteiger partial charge is 0.332 e. The summed E-state index contributed by atoms with van der Waals surface area (Å²) in [5, 5.41) is 0. The van der Waals surface area contributed by atoms with Crippen molar-refractivity contribution in [3.8, 4) is 0 Å². The lowest BCUT2D eigenvalue weighted by molar-refractivity contribution is -0.155. The summed E-state index contributed by atoms with van der Waals surface area (Å²) in [7, 11) is 2.90. The van der Waals surface area contributed by atoms with E-state index >= 15 is 0 Å².